The van der Waals surface area contributed by atoms with Crippen molar-refractivity contribution < 1.29 is 23.0 Å². The van der Waals surface area contributed by atoms with Gasteiger partial charge in [0.1, 0.15) is 16.4 Å². The maximum absolute atomic E-state index is 11.4. The molecule has 2 unspecified atom stereocenters. The highest BCUT2D eigenvalue weighted by molar-refractivity contribution is 7.91. The predicted molar refractivity (Wildman–Crippen MR) is 75.9 cm³/mol. The third-order valence-electron chi connectivity index (χ3n) is 3.35. The van der Waals surface area contributed by atoms with E-state index in [1.54, 1.807) is 13.0 Å². The van der Waals surface area contributed by atoms with Crippen molar-refractivity contribution in [2.75, 3.05) is 18.1 Å². The Morgan fingerprint density at radius 1 is 1.35 bits per heavy atom. The van der Waals surface area contributed by atoms with Gasteiger partial charge in [0.2, 0.25) is 0 Å². The minimum Gasteiger partial charge on any atom is -0.486 e. The second kappa shape index (κ2) is 6.45. The first-order chi connectivity index (χ1) is 9.52. The number of aliphatic hydroxyl groups excluding tert-OH is 1. The highest BCUT2D eigenvalue weighted by Gasteiger charge is 2.27. The molecule has 6 heteroatoms. The minimum atomic E-state index is -2.98. The molecule has 0 bridgehead atoms. The van der Waals surface area contributed by atoms with E-state index in [9.17, 15) is 13.5 Å². The van der Waals surface area contributed by atoms with Gasteiger partial charge in [-0.15, -0.1) is 0 Å². The zero-order valence-corrected chi connectivity index (χ0v) is 12.3. The average molecular weight is 300 g/mol. The van der Waals surface area contributed by atoms with Gasteiger partial charge in [0.05, 0.1) is 11.9 Å². The Morgan fingerprint density at radius 2 is 2.05 bits per heavy atom. The second-order valence-electron chi connectivity index (χ2n) is 4.86. The largest absolute Gasteiger partial charge is 0.486 e. The first-order valence-electron chi connectivity index (χ1n) is 6.79. The molecule has 0 amide bonds. The van der Waals surface area contributed by atoms with E-state index >= 15 is 0 Å². The Labute approximate surface area is 119 Å². The van der Waals surface area contributed by atoms with Crippen LogP contribution in [0.2, 0.25) is 0 Å². The summed E-state index contributed by atoms with van der Waals surface area (Å²) in [5, 5.41) is 10.1. The Bertz CT molecular complexity index is 540. The van der Waals surface area contributed by atoms with Crippen molar-refractivity contribution in [2.45, 2.75) is 32.0 Å². The molecule has 1 aliphatic heterocycles. The first-order valence-corrected chi connectivity index (χ1v) is 8.61. The molecule has 1 aromatic carbocycles. The van der Waals surface area contributed by atoms with E-state index in [0.29, 0.717) is 24.3 Å². The molecule has 1 N–H and O–H groups in total. The van der Waals surface area contributed by atoms with E-state index in [1.807, 2.05) is 18.2 Å². The number of benzene rings is 1. The molecule has 112 valence electrons. The van der Waals surface area contributed by atoms with Gasteiger partial charge in [0.25, 0.3) is 0 Å². The standard InChI is InChI=1S/C14H20O5S/c1-2-20(16,17)9-5-6-11(15)14-10-18-12-7-3-4-8-13(12)19-14/h3-4,7-8,11,14-15H,2,5-6,9-10H2,1H3. The van der Waals surface area contributed by atoms with Gasteiger partial charge in [0, 0.05) is 5.75 Å². The van der Waals surface area contributed by atoms with Crippen LogP contribution in [0, 0.1) is 0 Å². The van der Waals surface area contributed by atoms with Gasteiger partial charge in [0.15, 0.2) is 17.6 Å². The minimum absolute atomic E-state index is 0.102. The fraction of sp³-hybridized carbons (Fsp3) is 0.571. The number of rotatable bonds is 6. The quantitative estimate of drug-likeness (QED) is 0.860. The number of sulfone groups is 1. The fourth-order valence-electron chi connectivity index (χ4n) is 2.07. The number of fused-ring (bicyclic) bond motifs is 1. The summed E-state index contributed by atoms with van der Waals surface area (Å²) in [5.41, 5.74) is 0. The van der Waals surface area contributed by atoms with Gasteiger partial charge < -0.3 is 14.6 Å². The smallest absolute Gasteiger partial charge is 0.161 e. The number of hydrogen-bond donors (Lipinski definition) is 1. The third-order valence-corrected chi connectivity index (χ3v) is 5.15. The highest BCUT2D eigenvalue weighted by atomic mass is 32.2. The zero-order valence-electron chi connectivity index (χ0n) is 11.5. The van der Waals surface area contributed by atoms with Crippen LogP contribution >= 0.6 is 0 Å². The SMILES string of the molecule is CCS(=O)(=O)CCCC(O)C1COc2ccccc2O1. The van der Waals surface area contributed by atoms with Crippen LogP contribution in [0.25, 0.3) is 0 Å². The molecule has 0 saturated carbocycles. The molecular weight excluding hydrogens is 280 g/mol. The molecule has 0 spiro atoms. The van der Waals surface area contributed by atoms with Crippen molar-refractivity contribution in [3.63, 3.8) is 0 Å². The van der Waals surface area contributed by atoms with Gasteiger partial charge in [-0.05, 0) is 25.0 Å². The van der Waals surface area contributed by atoms with E-state index in [0.717, 1.165) is 0 Å². The second-order valence-corrected chi connectivity index (χ2v) is 7.33. The monoisotopic (exact) mass is 300 g/mol. The lowest BCUT2D eigenvalue weighted by atomic mass is 10.1. The Morgan fingerprint density at radius 3 is 2.75 bits per heavy atom. The van der Waals surface area contributed by atoms with Crippen LogP contribution in [0.3, 0.4) is 0 Å². The first kappa shape index (κ1) is 15.1. The van der Waals surface area contributed by atoms with E-state index in [4.69, 9.17) is 9.47 Å². The molecule has 2 rings (SSSR count). The maximum Gasteiger partial charge on any atom is 0.161 e. The van der Waals surface area contributed by atoms with Crippen LogP contribution in [0.4, 0.5) is 0 Å². The summed E-state index contributed by atoms with van der Waals surface area (Å²) in [6.07, 6.45) is -0.362. The van der Waals surface area contributed by atoms with E-state index in [2.05, 4.69) is 0 Å². The predicted octanol–water partition coefficient (Wildman–Crippen LogP) is 1.40. The van der Waals surface area contributed by atoms with Gasteiger partial charge in [-0.3, -0.25) is 0 Å². The lowest BCUT2D eigenvalue weighted by Crippen LogP contribution is -2.39. The summed E-state index contributed by atoms with van der Waals surface area (Å²) in [5.74, 6) is 1.53. The van der Waals surface area contributed by atoms with Crippen molar-refractivity contribution in [3.8, 4) is 11.5 Å². The van der Waals surface area contributed by atoms with E-state index < -0.39 is 22.0 Å². The van der Waals surface area contributed by atoms with Gasteiger partial charge in [-0.25, -0.2) is 8.42 Å². The van der Waals surface area contributed by atoms with Gasteiger partial charge >= 0.3 is 0 Å². The number of aliphatic hydroxyl groups is 1. The van der Waals surface area contributed by atoms with Gasteiger partial charge in [-0.2, -0.15) is 0 Å². The summed E-state index contributed by atoms with van der Waals surface area (Å²) in [4.78, 5) is 0. The zero-order chi connectivity index (χ0) is 14.6. The molecule has 0 saturated heterocycles. The van der Waals surface area contributed by atoms with E-state index in [-0.39, 0.29) is 18.1 Å². The third kappa shape index (κ3) is 3.86. The van der Waals surface area contributed by atoms with Gasteiger partial charge in [-0.1, -0.05) is 19.1 Å². The molecule has 0 fully saturated rings. The van der Waals surface area contributed by atoms with Crippen LogP contribution in [0.5, 0.6) is 11.5 Å². The van der Waals surface area contributed by atoms with E-state index in [1.165, 1.54) is 0 Å². The summed E-state index contributed by atoms with van der Waals surface area (Å²) < 4.78 is 34.0. The summed E-state index contributed by atoms with van der Waals surface area (Å²) in [7, 11) is -2.98. The summed E-state index contributed by atoms with van der Waals surface area (Å²) >= 11 is 0. The number of ether oxygens (including phenoxy) is 2. The molecule has 0 aliphatic carbocycles. The van der Waals surface area contributed by atoms with Crippen LogP contribution in [0.1, 0.15) is 19.8 Å². The molecule has 20 heavy (non-hydrogen) atoms. The van der Waals surface area contributed by atoms with Crippen molar-refractivity contribution in [1.29, 1.82) is 0 Å². The van der Waals surface area contributed by atoms with Crippen LogP contribution in [0.15, 0.2) is 24.3 Å². The summed E-state index contributed by atoms with van der Waals surface area (Å²) in [6.45, 7) is 1.90. The lowest BCUT2D eigenvalue weighted by Gasteiger charge is -2.29. The van der Waals surface area contributed by atoms with Crippen molar-refractivity contribution >= 4 is 9.84 Å². The molecule has 1 aliphatic rings. The molecule has 1 heterocycles. The van der Waals surface area contributed by atoms with Crippen LogP contribution in [-0.4, -0.2) is 43.8 Å². The van der Waals surface area contributed by atoms with Crippen LogP contribution in [-0.2, 0) is 9.84 Å². The molecule has 0 radical (unpaired) electrons. The molecule has 0 aromatic heterocycles. The fourth-order valence-corrected chi connectivity index (χ4v) is 2.96. The highest BCUT2D eigenvalue weighted by Crippen LogP contribution is 2.32. The topological polar surface area (TPSA) is 72.8 Å². The number of para-hydroxylation sites is 2. The Kier molecular flexibility index (Phi) is 4.88. The Hall–Kier alpha value is -1.27. The van der Waals surface area contributed by atoms with Crippen molar-refractivity contribution in [1.82, 2.24) is 0 Å². The Balaban J connectivity index is 1.84. The van der Waals surface area contributed by atoms with Crippen molar-refractivity contribution in [3.05, 3.63) is 24.3 Å². The molecule has 1 aromatic rings. The average Bonchev–Trinajstić information content (AvgIpc) is 2.46. The molecule has 5 nitrogen and oxygen atoms in total. The van der Waals surface area contributed by atoms with Crippen LogP contribution < -0.4 is 9.47 Å². The molecule has 2 atom stereocenters. The van der Waals surface area contributed by atoms with Crippen molar-refractivity contribution in [2.24, 2.45) is 0 Å². The molecular formula is C14H20O5S. The lowest BCUT2D eigenvalue weighted by molar-refractivity contribution is -0.0137. The number of hydrogen-bond acceptors (Lipinski definition) is 5. The summed E-state index contributed by atoms with van der Waals surface area (Å²) in [6, 6.07) is 7.29. The normalized spacial score (nSPS) is 19.6. The maximum atomic E-state index is 11.4.